The maximum atomic E-state index is 13.1. The number of halogens is 2. The lowest BCUT2D eigenvalue weighted by molar-refractivity contribution is -0.118. The molecule has 8 heteroatoms. The molecular weight excluding hydrogens is 453 g/mol. The number of thioether (sulfide) groups is 1. The number of thiazole rings is 1. The standard InChI is InChI=1S/C23H19ClFN3OS2/c24-19-6-3-7-20-22(19)27-23(31-20)28(15-17-5-1-2-13-26-17)21(29)8-4-14-30-18-11-9-16(25)10-12-18/h1-3,5-7,9-13H,4,8,14-15H2. The first-order valence-corrected chi connectivity index (χ1v) is 11.9. The fourth-order valence-electron chi connectivity index (χ4n) is 3.01. The predicted octanol–water partition coefficient (Wildman–Crippen LogP) is 6.59. The van der Waals surface area contributed by atoms with Gasteiger partial charge < -0.3 is 0 Å². The first-order chi connectivity index (χ1) is 15.1. The van der Waals surface area contributed by atoms with Gasteiger partial charge in [0.25, 0.3) is 0 Å². The van der Waals surface area contributed by atoms with Gasteiger partial charge in [-0.05, 0) is 60.7 Å². The molecule has 1 amide bonds. The highest BCUT2D eigenvalue weighted by Gasteiger charge is 2.21. The minimum atomic E-state index is -0.249. The van der Waals surface area contributed by atoms with Crippen molar-refractivity contribution in [1.82, 2.24) is 9.97 Å². The molecule has 4 rings (SSSR count). The maximum Gasteiger partial charge on any atom is 0.229 e. The van der Waals surface area contributed by atoms with E-state index >= 15 is 0 Å². The van der Waals surface area contributed by atoms with E-state index in [1.807, 2.05) is 30.3 Å². The van der Waals surface area contributed by atoms with E-state index in [1.165, 1.54) is 23.5 Å². The molecule has 0 atom stereocenters. The highest BCUT2D eigenvalue weighted by molar-refractivity contribution is 7.99. The Hall–Kier alpha value is -2.48. The Morgan fingerprint density at radius 3 is 2.68 bits per heavy atom. The summed E-state index contributed by atoms with van der Waals surface area (Å²) in [6, 6.07) is 17.7. The maximum absolute atomic E-state index is 13.1. The molecular formula is C23H19ClFN3OS2. The highest BCUT2D eigenvalue weighted by atomic mass is 35.5. The van der Waals surface area contributed by atoms with E-state index in [0.717, 1.165) is 21.0 Å². The van der Waals surface area contributed by atoms with Gasteiger partial charge in [-0.2, -0.15) is 0 Å². The quantitative estimate of drug-likeness (QED) is 0.215. The van der Waals surface area contributed by atoms with Crippen LogP contribution in [0, 0.1) is 5.82 Å². The van der Waals surface area contributed by atoms with Gasteiger partial charge in [-0.3, -0.25) is 14.7 Å². The number of rotatable bonds is 8. The number of para-hydroxylation sites is 1. The number of carbonyl (C=O) groups excluding carboxylic acids is 1. The van der Waals surface area contributed by atoms with Crippen LogP contribution in [0.5, 0.6) is 0 Å². The summed E-state index contributed by atoms with van der Waals surface area (Å²) in [4.78, 5) is 24.8. The van der Waals surface area contributed by atoms with Crippen molar-refractivity contribution in [3.63, 3.8) is 0 Å². The molecule has 0 saturated heterocycles. The number of hydrogen-bond donors (Lipinski definition) is 0. The fraction of sp³-hybridized carbons (Fsp3) is 0.174. The van der Waals surface area contributed by atoms with Crippen molar-refractivity contribution < 1.29 is 9.18 Å². The molecule has 0 spiro atoms. The minimum absolute atomic E-state index is 0.0134. The summed E-state index contributed by atoms with van der Waals surface area (Å²) in [6.45, 7) is 0.349. The van der Waals surface area contributed by atoms with Gasteiger partial charge in [-0.25, -0.2) is 9.37 Å². The number of fused-ring (bicyclic) bond motifs is 1. The Labute approximate surface area is 193 Å². The number of carbonyl (C=O) groups is 1. The molecule has 0 aliphatic rings. The van der Waals surface area contributed by atoms with E-state index in [-0.39, 0.29) is 11.7 Å². The third-order valence-corrected chi connectivity index (χ3v) is 7.00. The Balaban J connectivity index is 1.47. The van der Waals surface area contributed by atoms with Crippen molar-refractivity contribution in [2.24, 2.45) is 0 Å². The molecule has 0 saturated carbocycles. The lowest BCUT2D eigenvalue weighted by Crippen LogP contribution is -2.30. The number of pyridine rings is 1. The summed E-state index contributed by atoms with van der Waals surface area (Å²) in [5.41, 5.74) is 1.50. The Kier molecular flexibility index (Phi) is 7.17. The van der Waals surface area contributed by atoms with Gasteiger partial charge in [-0.15, -0.1) is 11.8 Å². The lowest BCUT2D eigenvalue weighted by Gasteiger charge is -2.19. The predicted molar refractivity (Wildman–Crippen MR) is 126 cm³/mol. The number of benzene rings is 2. The van der Waals surface area contributed by atoms with E-state index in [9.17, 15) is 9.18 Å². The summed E-state index contributed by atoms with van der Waals surface area (Å²) in [5.74, 6) is 0.502. The molecule has 2 aromatic carbocycles. The monoisotopic (exact) mass is 471 g/mol. The van der Waals surface area contributed by atoms with Gasteiger partial charge in [0.1, 0.15) is 11.3 Å². The summed E-state index contributed by atoms with van der Waals surface area (Å²) in [7, 11) is 0. The molecule has 0 aliphatic carbocycles. The smallest absolute Gasteiger partial charge is 0.229 e. The van der Waals surface area contributed by atoms with Crippen LogP contribution in [0.15, 0.2) is 71.8 Å². The first-order valence-electron chi connectivity index (χ1n) is 9.74. The molecule has 4 nitrogen and oxygen atoms in total. The second kappa shape index (κ2) is 10.2. The number of nitrogens with zero attached hydrogens (tertiary/aromatic N) is 3. The van der Waals surface area contributed by atoms with Gasteiger partial charge in [-0.1, -0.05) is 35.1 Å². The van der Waals surface area contributed by atoms with Crippen LogP contribution in [0.25, 0.3) is 10.2 Å². The van der Waals surface area contributed by atoms with Gasteiger partial charge in [0.2, 0.25) is 5.91 Å². The summed E-state index contributed by atoms with van der Waals surface area (Å²) in [6.07, 6.45) is 2.79. The molecule has 0 radical (unpaired) electrons. The van der Waals surface area contributed by atoms with Crippen molar-refractivity contribution in [2.45, 2.75) is 24.3 Å². The molecule has 31 heavy (non-hydrogen) atoms. The average molecular weight is 472 g/mol. The summed E-state index contributed by atoms with van der Waals surface area (Å²) >= 11 is 9.34. The number of amides is 1. The van der Waals surface area contributed by atoms with Crippen molar-refractivity contribution in [2.75, 3.05) is 10.7 Å². The van der Waals surface area contributed by atoms with Crippen LogP contribution >= 0.6 is 34.7 Å². The molecule has 0 unspecified atom stereocenters. The highest BCUT2D eigenvalue weighted by Crippen LogP contribution is 2.34. The Bertz CT molecular complexity index is 1170. The normalized spacial score (nSPS) is 11.0. The van der Waals surface area contributed by atoms with Crippen LogP contribution in [-0.2, 0) is 11.3 Å². The van der Waals surface area contributed by atoms with Crippen LogP contribution in [0.4, 0.5) is 9.52 Å². The zero-order valence-corrected chi connectivity index (χ0v) is 18.9. The SMILES string of the molecule is O=C(CCCSc1ccc(F)cc1)N(Cc1ccccn1)c1nc2c(Cl)cccc2s1. The largest absolute Gasteiger partial charge is 0.282 e. The number of hydrogen-bond acceptors (Lipinski definition) is 5. The molecule has 0 fully saturated rings. The summed E-state index contributed by atoms with van der Waals surface area (Å²) < 4.78 is 14.0. The Morgan fingerprint density at radius 2 is 1.94 bits per heavy atom. The topological polar surface area (TPSA) is 46.1 Å². The fourth-order valence-corrected chi connectivity index (χ4v) is 5.15. The molecule has 2 heterocycles. The van der Waals surface area contributed by atoms with Gasteiger partial charge in [0.15, 0.2) is 5.13 Å². The number of anilines is 1. The van der Waals surface area contributed by atoms with Crippen LogP contribution in [0.3, 0.4) is 0 Å². The van der Waals surface area contributed by atoms with Gasteiger partial charge >= 0.3 is 0 Å². The third-order valence-electron chi connectivity index (χ3n) is 4.55. The van der Waals surface area contributed by atoms with Crippen molar-refractivity contribution >= 4 is 56.0 Å². The van der Waals surface area contributed by atoms with E-state index in [4.69, 9.17) is 11.6 Å². The van der Waals surface area contributed by atoms with Gasteiger partial charge in [0.05, 0.1) is 22.0 Å². The van der Waals surface area contributed by atoms with Crippen LogP contribution in [-0.4, -0.2) is 21.6 Å². The molecule has 0 bridgehead atoms. The van der Waals surface area contributed by atoms with Crippen LogP contribution < -0.4 is 4.90 Å². The van der Waals surface area contributed by atoms with Crippen molar-refractivity contribution in [1.29, 1.82) is 0 Å². The van der Waals surface area contributed by atoms with E-state index < -0.39 is 0 Å². The van der Waals surface area contributed by atoms with Crippen LogP contribution in [0.1, 0.15) is 18.5 Å². The van der Waals surface area contributed by atoms with Crippen molar-refractivity contribution in [3.05, 3.63) is 83.4 Å². The van der Waals surface area contributed by atoms with Crippen molar-refractivity contribution in [3.8, 4) is 0 Å². The Morgan fingerprint density at radius 1 is 1.10 bits per heavy atom. The first kappa shape index (κ1) is 21.7. The van der Waals surface area contributed by atoms with E-state index in [2.05, 4.69) is 9.97 Å². The zero-order chi connectivity index (χ0) is 21.6. The van der Waals surface area contributed by atoms with E-state index in [1.54, 1.807) is 41.1 Å². The van der Waals surface area contributed by atoms with Crippen LogP contribution in [0.2, 0.25) is 5.02 Å². The minimum Gasteiger partial charge on any atom is -0.282 e. The zero-order valence-electron chi connectivity index (χ0n) is 16.5. The molecule has 2 aromatic heterocycles. The molecule has 0 N–H and O–H groups in total. The van der Waals surface area contributed by atoms with E-state index in [0.29, 0.717) is 35.1 Å². The average Bonchev–Trinajstić information content (AvgIpc) is 3.22. The molecule has 158 valence electrons. The third kappa shape index (κ3) is 5.61. The number of aromatic nitrogens is 2. The van der Waals surface area contributed by atoms with Gasteiger partial charge in [0, 0.05) is 17.5 Å². The molecule has 4 aromatic rings. The lowest BCUT2D eigenvalue weighted by atomic mass is 10.2. The second-order valence-corrected chi connectivity index (χ2v) is 9.37. The second-order valence-electron chi connectivity index (χ2n) is 6.79. The molecule has 0 aliphatic heterocycles. The summed E-state index contributed by atoms with van der Waals surface area (Å²) in [5, 5.41) is 1.19.